The molecule has 2 aromatic heterocycles. The van der Waals surface area contributed by atoms with Gasteiger partial charge in [-0.3, -0.25) is 14.2 Å². The number of anilines is 1. The summed E-state index contributed by atoms with van der Waals surface area (Å²) in [5, 5.41) is 10.9. The number of aryl methyl sites for hydroxylation is 2. The van der Waals surface area contributed by atoms with Gasteiger partial charge in [0.1, 0.15) is 6.54 Å². The molecule has 0 aliphatic rings. The first-order chi connectivity index (χ1) is 8.06. The van der Waals surface area contributed by atoms with Gasteiger partial charge in [0.25, 0.3) is 0 Å². The molecular formula is C11H15N5O. The lowest BCUT2D eigenvalue weighted by molar-refractivity contribution is -0.116. The minimum atomic E-state index is -0.107. The summed E-state index contributed by atoms with van der Waals surface area (Å²) < 4.78 is 3.32. The van der Waals surface area contributed by atoms with Gasteiger partial charge in [-0.15, -0.1) is 0 Å². The summed E-state index contributed by atoms with van der Waals surface area (Å²) in [5.41, 5.74) is 2.70. The van der Waals surface area contributed by atoms with Crippen molar-refractivity contribution in [3.63, 3.8) is 0 Å². The second-order valence-corrected chi connectivity index (χ2v) is 4.03. The van der Waals surface area contributed by atoms with Crippen LogP contribution in [0.3, 0.4) is 0 Å². The van der Waals surface area contributed by atoms with E-state index in [-0.39, 0.29) is 12.5 Å². The Labute approximate surface area is 99.2 Å². The molecule has 0 aliphatic heterocycles. The standard InChI is InChI=1S/C11H15N5O/c1-8-4-13-16(6-8)7-11(17)14-10-5-12-15(3)9(10)2/h4-6H,7H2,1-3H3,(H,14,17). The van der Waals surface area contributed by atoms with Gasteiger partial charge in [0.05, 0.1) is 23.8 Å². The van der Waals surface area contributed by atoms with Crippen LogP contribution in [0.1, 0.15) is 11.3 Å². The minimum absolute atomic E-state index is 0.107. The zero-order chi connectivity index (χ0) is 12.4. The molecule has 1 N–H and O–H groups in total. The Morgan fingerprint density at radius 3 is 2.65 bits per heavy atom. The summed E-state index contributed by atoms with van der Waals surface area (Å²) in [6.07, 6.45) is 5.19. The first kappa shape index (κ1) is 11.4. The predicted molar refractivity (Wildman–Crippen MR) is 63.5 cm³/mol. The Hall–Kier alpha value is -2.11. The molecule has 6 heteroatoms. The number of nitrogens with one attached hydrogen (secondary N) is 1. The van der Waals surface area contributed by atoms with Crippen molar-refractivity contribution < 1.29 is 4.79 Å². The van der Waals surface area contributed by atoms with Crippen LogP contribution in [-0.2, 0) is 18.4 Å². The molecule has 0 radical (unpaired) electrons. The zero-order valence-corrected chi connectivity index (χ0v) is 10.1. The van der Waals surface area contributed by atoms with Crippen molar-refractivity contribution >= 4 is 11.6 Å². The Bertz CT molecular complexity index is 540. The van der Waals surface area contributed by atoms with Crippen molar-refractivity contribution in [3.05, 3.63) is 29.8 Å². The molecule has 0 fully saturated rings. The lowest BCUT2D eigenvalue weighted by Crippen LogP contribution is -2.19. The second-order valence-electron chi connectivity index (χ2n) is 4.03. The van der Waals surface area contributed by atoms with E-state index in [1.807, 2.05) is 27.1 Å². The normalized spacial score (nSPS) is 10.5. The maximum Gasteiger partial charge on any atom is 0.246 e. The largest absolute Gasteiger partial charge is 0.322 e. The Balaban J connectivity index is 2.00. The van der Waals surface area contributed by atoms with Gasteiger partial charge in [-0.25, -0.2) is 0 Å². The molecule has 0 aliphatic carbocycles. The van der Waals surface area contributed by atoms with Gasteiger partial charge in [0, 0.05) is 13.2 Å². The van der Waals surface area contributed by atoms with Gasteiger partial charge in [-0.05, 0) is 19.4 Å². The first-order valence-corrected chi connectivity index (χ1v) is 5.34. The van der Waals surface area contributed by atoms with Gasteiger partial charge < -0.3 is 5.32 Å². The number of hydrogen-bond donors (Lipinski definition) is 1. The monoisotopic (exact) mass is 233 g/mol. The van der Waals surface area contributed by atoms with Crippen LogP contribution < -0.4 is 5.32 Å². The fourth-order valence-corrected chi connectivity index (χ4v) is 1.51. The topological polar surface area (TPSA) is 64.7 Å². The molecule has 6 nitrogen and oxygen atoms in total. The highest BCUT2D eigenvalue weighted by atomic mass is 16.2. The number of aromatic nitrogens is 4. The summed E-state index contributed by atoms with van der Waals surface area (Å²) in [7, 11) is 1.84. The minimum Gasteiger partial charge on any atom is -0.322 e. The highest BCUT2D eigenvalue weighted by Crippen LogP contribution is 2.11. The first-order valence-electron chi connectivity index (χ1n) is 5.34. The van der Waals surface area contributed by atoms with E-state index in [9.17, 15) is 4.79 Å². The summed E-state index contributed by atoms with van der Waals surface area (Å²) in [5.74, 6) is -0.107. The fourth-order valence-electron chi connectivity index (χ4n) is 1.51. The zero-order valence-electron chi connectivity index (χ0n) is 10.1. The maximum atomic E-state index is 11.7. The summed E-state index contributed by atoms with van der Waals surface area (Å²) >= 11 is 0. The summed E-state index contributed by atoms with van der Waals surface area (Å²) in [6.45, 7) is 4.05. The maximum absolute atomic E-state index is 11.7. The van der Waals surface area contributed by atoms with E-state index in [0.29, 0.717) is 0 Å². The van der Waals surface area contributed by atoms with E-state index in [4.69, 9.17) is 0 Å². The molecule has 2 heterocycles. The van der Waals surface area contributed by atoms with Gasteiger partial charge in [0.2, 0.25) is 5.91 Å². The van der Waals surface area contributed by atoms with Gasteiger partial charge >= 0.3 is 0 Å². The summed E-state index contributed by atoms with van der Waals surface area (Å²) in [6, 6.07) is 0. The third-order valence-corrected chi connectivity index (χ3v) is 2.58. The molecule has 0 unspecified atom stereocenters. The van der Waals surface area contributed by atoms with Crippen molar-refractivity contribution in [2.45, 2.75) is 20.4 Å². The number of rotatable bonds is 3. The van der Waals surface area contributed by atoms with E-state index in [0.717, 1.165) is 16.9 Å². The average molecular weight is 233 g/mol. The van der Waals surface area contributed by atoms with Crippen molar-refractivity contribution in [2.75, 3.05) is 5.32 Å². The van der Waals surface area contributed by atoms with Gasteiger partial charge in [-0.2, -0.15) is 10.2 Å². The lowest BCUT2D eigenvalue weighted by Gasteiger charge is -2.04. The van der Waals surface area contributed by atoms with Crippen molar-refractivity contribution in [2.24, 2.45) is 7.05 Å². The number of carbonyl (C=O) groups is 1. The van der Waals surface area contributed by atoms with E-state index >= 15 is 0 Å². The Morgan fingerprint density at radius 2 is 2.12 bits per heavy atom. The molecule has 90 valence electrons. The third-order valence-electron chi connectivity index (χ3n) is 2.58. The third kappa shape index (κ3) is 2.52. The highest BCUT2D eigenvalue weighted by molar-refractivity contribution is 5.90. The van der Waals surface area contributed by atoms with Crippen LogP contribution in [0.5, 0.6) is 0 Å². The van der Waals surface area contributed by atoms with Crippen molar-refractivity contribution in [3.8, 4) is 0 Å². The summed E-state index contributed by atoms with van der Waals surface area (Å²) in [4.78, 5) is 11.7. The van der Waals surface area contributed by atoms with Crippen LogP contribution in [0, 0.1) is 13.8 Å². The molecule has 2 aromatic rings. The van der Waals surface area contributed by atoms with Gasteiger partial charge in [0.15, 0.2) is 0 Å². The molecule has 0 spiro atoms. The van der Waals surface area contributed by atoms with Crippen LogP contribution in [0.25, 0.3) is 0 Å². The molecule has 0 saturated carbocycles. The van der Waals surface area contributed by atoms with Gasteiger partial charge in [-0.1, -0.05) is 0 Å². The van der Waals surface area contributed by atoms with Crippen LogP contribution in [0.4, 0.5) is 5.69 Å². The predicted octanol–water partition coefficient (Wildman–Crippen LogP) is 0.872. The molecule has 0 atom stereocenters. The Kier molecular flexibility index (Phi) is 2.95. The Morgan fingerprint density at radius 1 is 1.35 bits per heavy atom. The number of carbonyl (C=O) groups excluding carboxylic acids is 1. The van der Waals surface area contributed by atoms with Crippen LogP contribution in [-0.4, -0.2) is 25.5 Å². The van der Waals surface area contributed by atoms with Crippen molar-refractivity contribution in [1.82, 2.24) is 19.6 Å². The molecule has 0 aromatic carbocycles. The fraction of sp³-hybridized carbons (Fsp3) is 0.364. The molecule has 2 rings (SSSR count). The lowest BCUT2D eigenvalue weighted by atomic mass is 10.4. The van der Waals surface area contributed by atoms with E-state index in [1.54, 1.807) is 21.8 Å². The van der Waals surface area contributed by atoms with Crippen LogP contribution in [0.2, 0.25) is 0 Å². The van der Waals surface area contributed by atoms with E-state index < -0.39 is 0 Å². The van der Waals surface area contributed by atoms with E-state index in [1.165, 1.54) is 0 Å². The average Bonchev–Trinajstić information content (AvgIpc) is 2.79. The van der Waals surface area contributed by atoms with Crippen molar-refractivity contribution in [1.29, 1.82) is 0 Å². The number of amides is 1. The smallest absolute Gasteiger partial charge is 0.246 e. The second kappa shape index (κ2) is 4.40. The quantitative estimate of drug-likeness (QED) is 0.855. The molecule has 0 saturated heterocycles. The molecule has 1 amide bonds. The number of nitrogens with zero attached hydrogens (tertiary/aromatic N) is 4. The van der Waals surface area contributed by atoms with Crippen LogP contribution in [0.15, 0.2) is 18.6 Å². The van der Waals surface area contributed by atoms with Crippen LogP contribution >= 0.6 is 0 Å². The van der Waals surface area contributed by atoms with E-state index in [2.05, 4.69) is 15.5 Å². The molecule has 17 heavy (non-hydrogen) atoms. The molecular weight excluding hydrogens is 218 g/mol. The highest BCUT2D eigenvalue weighted by Gasteiger charge is 2.08. The SMILES string of the molecule is Cc1cnn(CC(=O)Nc2cnn(C)c2C)c1. The number of hydrogen-bond acceptors (Lipinski definition) is 3. The molecule has 0 bridgehead atoms.